The Morgan fingerprint density at radius 1 is 1.23 bits per heavy atom. The Kier molecular flexibility index (Phi) is 4.44. The van der Waals surface area contributed by atoms with Gasteiger partial charge >= 0.3 is 0 Å². The number of rotatable bonds is 2. The molecular formula is C17H22F3NO. The molecule has 0 amide bonds. The van der Waals surface area contributed by atoms with E-state index >= 15 is 0 Å². The quantitative estimate of drug-likeness (QED) is 0.863. The summed E-state index contributed by atoms with van der Waals surface area (Å²) in [6.45, 7) is 2.31. The van der Waals surface area contributed by atoms with Crippen LogP contribution in [-0.4, -0.2) is 16.3 Å². The Morgan fingerprint density at radius 2 is 1.86 bits per heavy atom. The fraction of sp³-hybridized carbons (Fsp3) is 0.706. The zero-order chi connectivity index (χ0) is 15.9. The lowest BCUT2D eigenvalue weighted by Crippen LogP contribution is -2.09. The first-order chi connectivity index (χ1) is 10.5. The molecule has 0 spiro atoms. The second-order valence-electron chi connectivity index (χ2n) is 6.77. The Balaban J connectivity index is 0.000000246. The summed E-state index contributed by atoms with van der Waals surface area (Å²) in [6, 6.07) is 0. The fourth-order valence-corrected chi connectivity index (χ4v) is 3.17. The van der Waals surface area contributed by atoms with Crippen molar-refractivity contribution in [1.29, 1.82) is 0 Å². The maximum atomic E-state index is 13.5. The topological polar surface area (TPSA) is 33.1 Å². The average molecular weight is 313 g/mol. The highest BCUT2D eigenvalue weighted by molar-refractivity contribution is 5.46. The van der Waals surface area contributed by atoms with Gasteiger partial charge in [0.25, 0.3) is 6.43 Å². The molecule has 3 aliphatic carbocycles. The zero-order valence-electron chi connectivity index (χ0n) is 12.7. The number of alkyl halides is 3. The normalized spacial score (nSPS) is 27.2. The van der Waals surface area contributed by atoms with Crippen LogP contribution in [0, 0.1) is 5.92 Å². The molecule has 0 saturated heterocycles. The van der Waals surface area contributed by atoms with Crippen LogP contribution in [0.3, 0.4) is 0 Å². The van der Waals surface area contributed by atoms with E-state index in [9.17, 15) is 18.3 Å². The molecule has 1 aromatic heterocycles. The number of fused-ring (bicyclic) bond motifs is 1. The molecule has 5 heteroatoms. The monoisotopic (exact) mass is 313 g/mol. The van der Waals surface area contributed by atoms with E-state index in [1.807, 2.05) is 0 Å². The van der Waals surface area contributed by atoms with Crippen molar-refractivity contribution in [2.24, 2.45) is 5.92 Å². The van der Waals surface area contributed by atoms with Gasteiger partial charge < -0.3 is 5.11 Å². The zero-order valence-corrected chi connectivity index (χ0v) is 12.7. The summed E-state index contributed by atoms with van der Waals surface area (Å²) in [5, 5.41) is 9.66. The molecule has 3 aliphatic rings. The first kappa shape index (κ1) is 15.8. The van der Waals surface area contributed by atoms with Crippen LogP contribution in [0.2, 0.25) is 0 Å². The SMILES string of the molecule is CC1CCC1.OC1c2c(C(F)F)ncc(C3CC3)c2CC1F. The minimum atomic E-state index is -2.77. The molecule has 22 heavy (non-hydrogen) atoms. The van der Waals surface area contributed by atoms with E-state index in [0.717, 1.165) is 24.3 Å². The first-order valence-corrected chi connectivity index (χ1v) is 8.10. The van der Waals surface area contributed by atoms with Crippen LogP contribution in [0.15, 0.2) is 6.20 Å². The molecule has 2 fully saturated rings. The molecule has 1 N–H and O–H groups in total. The summed E-state index contributed by atoms with van der Waals surface area (Å²) in [6.07, 6.45) is 2.22. The van der Waals surface area contributed by atoms with Crippen molar-refractivity contribution in [1.82, 2.24) is 4.98 Å². The minimum Gasteiger partial charge on any atom is -0.385 e. The molecule has 2 unspecified atom stereocenters. The first-order valence-electron chi connectivity index (χ1n) is 8.10. The van der Waals surface area contributed by atoms with Crippen LogP contribution in [0.4, 0.5) is 13.2 Å². The Morgan fingerprint density at radius 3 is 2.32 bits per heavy atom. The molecule has 0 aromatic carbocycles. The molecule has 2 atom stereocenters. The Labute approximate surface area is 128 Å². The third kappa shape index (κ3) is 3.00. The van der Waals surface area contributed by atoms with Crippen molar-refractivity contribution < 1.29 is 18.3 Å². The molecule has 0 bridgehead atoms. The van der Waals surface area contributed by atoms with Crippen LogP contribution in [0.1, 0.15) is 79.9 Å². The lowest BCUT2D eigenvalue weighted by Gasteiger charge is -2.18. The number of aromatic nitrogens is 1. The maximum absolute atomic E-state index is 13.5. The van der Waals surface area contributed by atoms with Crippen molar-refractivity contribution in [2.75, 3.05) is 0 Å². The number of aliphatic hydroxyl groups excluding tert-OH is 1. The van der Waals surface area contributed by atoms with E-state index in [2.05, 4.69) is 11.9 Å². The lowest BCUT2D eigenvalue weighted by molar-refractivity contribution is 0.0850. The highest BCUT2D eigenvalue weighted by Gasteiger charge is 2.40. The summed E-state index contributed by atoms with van der Waals surface area (Å²) in [5.41, 5.74) is 0.996. The van der Waals surface area contributed by atoms with E-state index in [4.69, 9.17) is 0 Å². The van der Waals surface area contributed by atoms with Crippen molar-refractivity contribution in [3.05, 3.63) is 28.6 Å². The fourth-order valence-electron chi connectivity index (χ4n) is 3.17. The van der Waals surface area contributed by atoms with E-state index in [1.165, 1.54) is 25.5 Å². The summed E-state index contributed by atoms with van der Waals surface area (Å²) in [5.74, 6) is 1.38. The summed E-state index contributed by atoms with van der Waals surface area (Å²) < 4.78 is 39.0. The van der Waals surface area contributed by atoms with E-state index in [1.54, 1.807) is 0 Å². The molecule has 0 aliphatic heterocycles. The molecule has 122 valence electrons. The van der Waals surface area contributed by atoms with Crippen molar-refractivity contribution in [2.45, 2.75) is 70.1 Å². The van der Waals surface area contributed by atoms with Crippen molar-refractivity contribution in [3.63, 3.8) is 0 Å². The Hall–Kier alpha value is -1.10. The standard InChI is InChI=1S/C12H12F3NO.C5H10/c13-8-3-6-7(5-1-2-5)4-16-10(12(14)15)9(6)11(8)17;1-5-3-2-4-5/h4-5,8,11-12,17H,1-3H2;5H,2-4H2,1H3. The van der Waals surface area contributed by atoms with Crippen molar-refractivity contribution >= 4 is 0 Å². The van der Waals surface area contributed by atoms with Gasteiger partial charge in [-0.2, -0.15) is 0 Å². The molecule has 1 aromatic rings. The number of hydrogen-bond donors (Lipinski definition) is 1. The van der Waals surface area contributed by atoms with Crippen LogP contribution in [-0.2, 0) is 6.42 Å². The number of hydrogen-bond acceptors (Lipinski definition) is 2. The van der Waals surface area contributed by atoms with Gasteiger partial charge in [-0.05, 0) is 35.8 Å². The summed E-state index contributed by atoms with van der Waals surface area (Å²) in [4.78, 5) is 3.72. The molecular weight excluding hydrogens is 291 g/mol. The van der Waals surface area contributed by atoms with Crippen LogP contribution in [0.25, 0.3) is 0 Å². The predicted octanol–water partition coefficient (Wildman–Crippen LogP) is 4.63. The number of nitrogens with zero attached hydrogens (tertiary/aromatic N) is 1. The van der Waals surface area contributed by atoms with Gasteiger partial charge in [0.1, 0.15) is 18.0 Å². The van der Waals surface area contributed by atoms with Crippen LogP contribution in [0.5, 0.6) is 0 Å². The maximum Gasteiger partial charge on any atom is 0.280 e. The van der Waals surface area contributed by atoms with Gasteiger partial charge in [-0.3, -0.25) is 4.98 Å². The van der Waals surface area contributed by atoms with Gasteiger partial charge in [-0.25, -0.2) is 13.2 Å². The van der Waals surface area contributed by atoms with Crippen molar-refractivity contribution in [3.8, 4) is 0 Å². The molecule has 4 rings (SSSR count). The minimum absolute atomic E-state index is 0.0323. The van der Waals surface area contributed by atoms with Gasteiger partial charge in [0.2, 0.25) is 0 Å². The Bertz CT molecular complexity index is 541. The predicted molar refractivity (Wildman–Crippen MR) is 77.7 cm³/mol. The van der Waals surface area contributed by atoms with Gasteiger partial charge in [-0.1, -0.05) is 26.2 Å². The summed E-state index contributed by atoms with van der Waals surface area (Å²) in [7, 11) is 0. The highest BCUT2D eigenvalue weighted by atomic mass is 19.3. The van der Waals surface area contributed by atoms with E-state index < -0.39 is 24.4 Å². The largest absolute Gasteiger partial charge is 0.385 e. The summed E-state index contributed by atoms with van der Waals surface area (Å²) >= 11 is 0. The molecule has 2 saturated carbocycles. The van der Waals surface area contributed by atoms with E-state index in [0.29, 0.717) is 11.5 Å². The van der Waals surface area contributed by atoms with Gasteiger partial charge in [0.05, 0.1) is 0 Å². The van der Waals surface area contributed by atoms with Gasteiger partial charge in [0, 0.05) is 18.2 Å². The van der Waals surface area contributed by atoms with Crippen LogP contribution >= 0.6 is 0 Å². The van der Waals surface area contributed by atoms with E-state index in [-0.39, 0.29) is 12.0 Å². The second kappa shape index (κ2) is 6.19. The number of pyridine rings is 1. The van der Waals surface area contributed by atoms with Crippen LogP contribution < -0.4 is 0 Å². The third-order valence-corrected chi connectivity index (χ3v) is 4.95. The molecule has 0 radical (unpaired) electrons. The lowest BCUT2D eigenvalue weighted by atomic mass is 9.88. The second-order valence-corrected chi connectivity index (χ2v) is 6.77. The number of aliphatic hydroxyl groups is 1. The van der Waals surface area contributed by atoms with Gasteiger partial charge in [-0.15, -0.1) is 0 Å². The smallest absolute Gasteiger partial charge is 0.280 e. The molecule has 1 heterocycles. The number of halogens is 3. The van der Waals surface area contributed by atoms with Gasteiger partial charge in [0.15, 0.2) is 0 Å². The highest BCUT2D eigenvalue weighted by Crippen LogP contribution is 2.47. The third-order valence-electron chi connectivity index (χ3n) is 4.95. The average Bonchev–Trinajstić information content (AvgIpc) is 3.24. The molecule has 2 nitrogen and oxygen atoms in total.